The molecule has 2 amide bonds. The summed E-state index contributed by atoms with van der Waals surface area (Å²) >= 11 is 0. The normalized spacial score (nSPS) is 27.5. The van der Waals surface area contributed by atoms with Gasteiger partial charge in [0.05, 0.1) is 5.52 Å². The number of carbonyl (C=O) groups excluding carboxylic acids is 1. The number of urea groups is 1. The molecule has 5 heteroatoms. The van der Waals surface area contributed by atoms with E-state index in [4.69, 9.17) is 0 Å². The monoisotopic (exact) mass is 475 g/mol. The van der Waals surface area contributed by atoms with Gasteiger partial charge in [-0.05, 0) is 80.4 Å². The number of fused-ring (bicyclic) bond motifs is 1. The number of nitrogens with one attached hydrogen (secondary N) is 2. The Bertz CT molecular complexity index is 915. The van der Waals surface area contributed by atoms with Crippen LogP contribution in [0.2, 0.25) is 0 Å². The Morgan fingerprint density at radius 2 is 1.40 bits per heavy atom. The quantitative estimate of drug-likeness (QED) is 0.452. The molecule has 0 saturated heterocycles. The minimum Gasteiger partial charge on any atom is -0.389 e. The van der Waals surface area contributed by atoms with Crippen LogP contribution in [-0.4, -0.2) is 25.0 Å². The van der Waals surface area contributed by atoms with Gasteiger partial charge in [0.2, 0.25) is 7.98 Å². The maximum atomic E-state index is 11.8. The summed E-state index contributed by atoms with van der Waals surface area (Å²) in [7, 11) is 1.71. The summed E-state index contributed by atoms with van der Waals surface area (Å²) in [6, 6.07) is 11.3. The van der Waals surface area contributed by atoms with E-state index in [0.717, 1.165) is 18.4 Å². The Labute approximate surface area is 213 Å². The highest BCUT2D eigenvalue weighted by atomic mass is 16.2. The highest BCUT2D eigenvalue weighted by Crippen LogP contribution is 2.44. The molecule has 0 radical (unpaired) electrons. The van der Waals surface area contributed by atoms with E-state index in [0.29, 0.717) is 17.4 Å². The standard InChI is InChI=1S/C30H46BN3O/c31-34-29(35)33-25-14-6-10-21-30(22-11-7-15-25)19-8-1-2-12-24(13-5-9-20-30)26-18-23-32-28-17-4-3-16-27(26)28/h3-4,16-18,23-25H,1-2,5-15,19-22,31H2,(H2,33,34,35). The summed E-state index contributed by atoms with van der Waals surface area (Å²) in [6.45, 7) is 0. The fraction of sp³-hybridized carbons (Fsp3) is 0.667. The van der Waals surface area contributed by atoms with Crippen molar-refractivity contribution in [3.8, 4) is 0 Å². The van der Waals surface area contributed by atoms with Crippen LogP contribution in [0.4, 0.5) is 4.79 Å². The maximum absolute atomic E-state index is 11.8. The first-order valence-corrected chi connectivity index (χ1v) is 14.5. The van der Waals surface area contributed by atoms with Crippen LogP contribution in [-0.2, 0) is 0 Å². The van der Waals surface area contributed by atoms with E-state index in [2.05, 4.69) is 45.9 Å². The zero-order valence-corrected chi connectivity index (χ0v) is 22.0. The van der Waals surface area contributed by atoms with Crippen LogP contribution < -0.4 is 10.5 Å². The largest absolute Gasteiger partial charge is 0.389 e. The summed E-state index contributed by atoms with van der Waals surface area (Å²) in [4.78, 5) is 16.4. The van der Waals surface area contributed by atoms with Crippen molar-refractivity contribution in [2.24, 2.45) is 5.41 Å². The fourth-order valence-corrected chi connectivity index (χ4v) is 6.97. The fourth-order valence-electron chi connectivity index (χ4n) is 6.97. The molecule has 1 spiro atoms. The third kappa shape index (κ3) is 7.47. The van der Waals surface area contributed by atoms with Gasteiger partial charge in [0.25, 0.3) is 0 Å². The van der Waals surface area contributed by atoms with Crippen molar-refractivity contribution >= 4 is 24.9 Å². The Kier molecular flexibility index (Phi) is 9.91. The van der Waals surface area contributed by atoms with Crippen LogP contribution in [0.25, 0.3) is 10.9 Å². The molecule has 2 aliphatic rings. The molecule has 4 rings (SSSR count). The molecule has 4 nitrogen and oxygen atoms in total. The van der Waals surface area contributed by atoms with E-state index >= 15 is 0 Å². The topological polar surface area (TPSA) is 54.0 Å². The Hall–Kier alpha value is -2.04. The summed E-state index contributed by atoms with van der Waals surface area (Å²) in [5.74, 6) is 0.672. The van der Waals surface area contributed by atoms with Gasteiger partial charge in [0, 0.05) is 17.6 Å². The summed E-state index contributed by atoms with van der Waals surface area (Å²) in [5.41, 5.74) is 3.24. The number of hydrogen-bond acceptors (Lipinski definition) is 2. The van der Waals surface area contributed by atoms with Crippen molar-refractivity contribution < 1.29 is 4.79 Å². The molecular formula is C30H46BN3O. The van der Waals surface area contributed by atoms with Gasteiger partial charge in [0.15, 0.2) is 0 Å². The van der Waals surface area contributed by atoms with Crippen LogP contribution in [0, 0.1) is 5.41 Å². The number of nitrogens with zero attached hydrogens (tertiary/aromatic N) is 1. The summed E-state index contributed by atoms with van der Waals surface area (Å²) < 4.78 is 0. The molecular weight excluding hydrogens is 429 g/mol. The van der Waals surface area contributed by atoms with E-state index in [1.54, 1.807) is 7.98 Å². The average Bonchev–Trinajstić information content (AvgIpc) is 2.93. The van der Waals surface area contributed by atoms with Crippen molar-refractivity contribution in [2.75, 3.05) is 0 Å². The van der Waals surface area contributed by atoms with Gasteiger partial charge in [0.1, 0.15) is 0 Å². The van der Waals surface area contributed by atoms with E-state index in [9.17, 15) is 4.79 Å². The number of amides is 2. The molecule has 35 heavy (non-hydrogen) atoms. The highest BCUT2D eigenvalue weighted by molar-refractivity contribution is 6.13. The zero-order valence-electron chi connectivity index (χ0n) is 22.0. The average molecular weight is 476 g/mol. The van der Waals surface area contributed by atoms with Gasteiger partial charge in [-0.25, -0.2) is 0 Å². The van der Waals surface area contributed by atoms with Crippen molar-refractivity contribution in [1.29, 1.82) is 0 Å². The molecule has 1 heterocycles. The van der Waals surface area contributed by atoms with Crippen LogP contribution in [0.1, 0.15) is 121 Å². The smallest absolute Gasteiger partial charge is 0.302 e. The lowest BCUT2D eigenvalue weighted by molar-refractivity contribution is 0.167. The first-order valence-electron chi connectivity index (χ1n) is 14.5. The number of hydrogen-bond donors (Lipinski definition) is 2. The van der Waals surface area contributed by atoms with Crippen molar-refractivity contribution in [2.45, 2.75) is 121 Å². The molecule has 2 saturated carbocycles. The molecule has 2 N–H and O–H groups in total. The molecule has 2 aliphatic carbocycles. The predicted molar refractivity (Wildman–Crippen MR) is 149 cm³/mol. The number of aromatic nitrogens is 1. The summed E-state index contributed by atoms with van der Waals surface area (Å²) in [6.07, 6.45) is 24.5. The van der Waals surface area contributed by atoms with Gasteiger partial charge in [-0.1, -0.05) is 76.0 Å². The second-order valence-electron chi connectivity index (χ2n) is 11.4. The van der Waals surface area contributed by atoms with Crippen LogP contribution in [0.15, 0.2) is 36.5 Å². The lowest BCUT2D eigenvalue weighted by atomic mass is 9.70. The molecule has 1 unspecified atom stereocenters. The predicted octanol–water partition coefficient (Wildman–Crippen LogP) is 7.18. The van der Waals surface area contributed by atoms with E-state index in [-0.39, 0.29) is 6.03 Å². The minimum absolute atomic E-state index is 0.0232. The Morgan fingerprint density at radius 1 is 0.800 bits per heavy atom. The number of para-hydroxylation sites is 1. The van der Waals surface area contributed by atoms with Crippen LogP contribution in [0.3, 0.4) is 0 Å². The van der Waals surface area contributed by atoms with Gasteiger partial charge in [-0.2, -0.15) is 0 Å². The second-order valence-corrected chi connectivity index (χ2v) is 11.4. The van der Waals surface area contributed by atoms with Crippen molar-refractivity contribution in [3.05, 3.63) is 42.1 Å². The second kappa shape index (κ2) is 13.3. The maximum Gasteiger partial charge on any atom is 0.302 e. The molecule has 0 bridgehead atoms. The van der Waals surface area contributed by atoms with Gasteiger partial charge in [-0.15, -0.1) is 0 Å². The lowest BCUT2D eigenvalue weighted by Crippen LogP contribution is -2.41. The van der Waals surface area contributed by atoms with Crippen molar-refractivity contribution in [3.63, 3.8) is 0 Å². The van der Waals surface area contributed by atoms with E-state index < -0.39 is 0 Å². The third-order valence-electron chi connectivity index (χ3n) is 8.97. The number of rotatable bonds is 2. The molecule has 190 valence electrons. The third-order valence-corrected chi connectivity index (χ3v) is 8.97. The lowest BCUT2D eigenvalue weighted by Gasteiger charge is -2.36. The van der Waals surface area contributed by atoms with Gasteiger partial charge < -0.3 is 10.5 Å². The SMILES string of the molecule is BNC(=O)NC1CCCCC2(CCCCCC(c3ccnc4ccccc34)CCCC2)CCCC1. The van der Waals surface area contributed by atoms with Crippen molar-refractivity contribution in [1.82, 2.24) is 15.5 Å². The number of carbonyl (C=O) groups is 1. The first kappa shape index (κ1) is 26.0. The molecule has 1 aromatic carbocycles. The Balaban J connectivity index is 1.36. The number of pyridine rings is 1. The van der Waals surface area contributed by atoms with E-state index in [1.165, 1.54) is 107 Å². The molecule has 2 fully saturated rings. The van der Waals surface area contributed by atoms with Crippen LogP contribution in [0.5, 0.6) is 0 Å². The van der Waals surface area contributed by atoms with Gasteiger partial charge >= 0.3 is 6.03 Å². The van der Waals surface area contributed by atoms with Gasteiger partial charge in [-0.3, -0.25) is 9.78 Å². The number of benzene rings is 1. The molecule has 1 aromatic heterocycles. The summed E-state index contributed by atoms with van der Waals surface area (Å²) in [5, 5.41) is 7.26. The van der Waals surface area contributed by atoms with E-state index in [1.807, 2.05) is 6.20 Å². The first-order chi connectivity index (χ1) is 17.2. The minimum atomic E-state index is -0.0232. The van der Waals surface area contributed by atoms with Crippen LogP contribution >= 0.6 is 0 Å². The molecule has 0 aliphatic heterocycles. The Morgan fingerprint density at radius 3 is 2.09 bits per heavy atom. The highest BCUT2D eigenvalue weighted by Gasteiger charge is 2.30. The molecule has 1 atom stereocenters. The zero-order chi connectivity index (χ0) is 24.3. The molecule has 2 aromatic rings.